The van der Waals surface area contributed by atoms with Crippen LogP contribution in [0.3, 0.4) is 0 Å². The summed E-state index contributed by atoms with van der Waals surface area (Å²) >= 11 is 0. The number of anilines is 2. The molecular weight excluding hydrogens is 528 g/mol. The first-order chi connectivity index (χ1) is 18.2. The number of aryl methyl sites for hydroxylation is 3. The highest BCUT2D eigenvalue weighted by Gasteiger charge is 2.37. The van der Waals surface area contributed by atoms with Crippen molar-refractivity contribution in [2.75, 3.05) is 23.4 Å². The first-order valence-corrected chi connectivity index (χ1v) is 12.1. The minimum absolute atomic E-state index is 0.0178. The number of alkyl halides is 6. The zero-order valence-electron chi connectivity index (χ0n) is 21.9. The predicted molar refractivity (Wildman–Crippen MR) is 132 cm³/mol. The van der Waals surface area contributed by atoms with Gasteiger partial charge in [-0.3, -0.25) is 0 Å². The first kappa shape index (κ1) is 28.1. The Labute approximate surface area is 220 Å². The molecule has 210 valence electrons. The minimum atomic E-state index is -4.96. The number of nitrogens with zero attached hydrogens (tertiary/aromatic N) is 9. The maximum Gasteiger partial charge on any atom is 0.416 e. The summed E-state index contributed by atoms with van der Waals surface area (Å²) in [5.74, 6) is 1.38. The van der Waals surface area contributed by atoms with Crippen LogP contribution in [0.1, 0.15) is 41.9 Å². The van der Waals surface area contributed by atoms with Crippen LogP contribution in [-0.2, 0) is 39.0 Å². The minimum Gasteiger partial charge on any atom is -0.360 e. The van der Waals surface area contributed by atoms with Crippen molar-refractivity contribution in [3.8, 4) is 0 Å². The van der Waals surface area contributed by atoms with Crippen molar-refractivity contribution >= 4 is 22.9 Å². The van der Waals surface area contributed by atoms with Crippen molar-refractivity contribution in [3.05, 3.63) is 52.3 Å². The van der Waals surface area contributed by atoms with Gasteiger partial charge in [0.25, 0.3) is 5.95 Å². The van der Waals surface area contributed by atoms with Gasteiger partial charge >= 0.3 is 12.4 Å². The van der Waals surface area contributed by atoms with Crippen molar-refractivity contribution in [3.63, 3.8) is 0 Å². The third-order valence-corrected chi connectivity index (χ3v) is 6.28. The van der Waals surface area contributed by atoms with Crippen molar-refractivity contribution in [1.82, 2.24) is 34.7 Å². The van der Waals surface area contributed by atoms with Crippen molar-refractivity contribution in [2.45, 2.75) is 52.8 Å². The average molecular weight is 556 g/mol. The molecule has 0 unspecified atom stereocenters. The van der Waals surface area contributed by atoms with Crippen LogP contribution in [0, 0.1) is 6.92 Å². The molecule has 0 spiro atoms. The molecule has 39 heavy (non-hydrogen) atoms. The Morgan fingerprint density at radius 3 is 2.05 bits per heavy atom. The molecule has 0 N–H and O–H groups in total. The second-order valence-electron chi connectivity index (χ2n) is 9.08. The molecule has 0 aliphatic heterocycles. The molecule has 0 fully saturated rings. The molecule has 4 rings (SSSR count). The average Bonchev–Trinajstić information content (AvgIpc) is 3.42. The maximum atomic E-state index is 13.5. The Hall–Kier alpha value is -3.91. The number of benzene rings is 1. The van der Waals surface area contributed by atoms with E-state index >= 15 is 0 Å². The number of fused-ring (bicyclic) bond motifs is 1. The van der Waals surface area contributed by atoms with Crippen LogP contribution in [0.5, 0.6) is 0 Å². The highest BCUT2D eigenvalue weighted by atomic mass is 19.4. The number of imidazole rings is 1. The van der Waals surface area contributed by atoms with Crippen molar-refractivity contribution in [2.24, 2.45) is 7.05 Å². The van der Waals surface area contributed by atoms with E-state index < -0.39 is 23.5 Å². The summed E-state index contributed by atoms with van der Waals surface area (Å²) in [6, 6.07) is 3.32. The van der Waals surface area contributed by atoms with Gasteiger partial charge in [-0.2, -0.15) is 31.1 Å². The third-order valence-electron chi connectivity index (χ3n) is 6.28. The summed E-state index contributed by atoms with van der Waals surface area (Å²) < 4.78 is 82.9. The van der Waals surface area contributed by atoms with Gasteiger partial charge in [-0.05, 0) is 55.8 Å². The van der Waals surface area contributed by atoms with Crippen molar-refractivity contribution in [1.29, 1.82) is 0 Å². The molecule has 3 heterocycles. The summed E-state index contributed by atoms with van der Waals surface area (Å²) in [7, 11) is 3.34. The van der Waals surface area contributed by atoms with Crippen LogP contribution < -0.4 is 9.80 Å². The quantitative estimate of drug-likeness (QED) is 0.284. The number of rotatable bonds is 8. The number of halogens is 6. The molecular formula is C24H27F6N9. The van der Waals surface area contributed by atoms with Gasteiger partial charge in [-0.1, -0.05) is 5.10 Å². The van der Waals surface area contributed by atoms with Gasteiger partial charge in [0.05, 0.1) is 24.7 Å². The lowest BCUT2D eigenvalue weighted by molar-refractivity contribution is -0.143. The van der Waals surface area contributed by atoms with Gasteiger partial charge in [0, 0.05) is 32.2 Å². The monoisotopic (exact) mass is 555 g/mol. The molecule has 0 bridgehead atoms. The number of tetrazole rings is 1. The van der Waals surface area contributed by atoms with E-state index in [0.29, 0.717) is 47.8 Å². The largest absolute Gasteiger partial charge is 0.416 e. The number of hydrogen-bond donors (Lipinski definition) is 0. The second-order valence-corrected chi connectivity index (χ2v) is 9.08. The molecule has 0 saturated carbocycles. The molecule has 1 aromatic carbocycles. The van der Waals surface area contributed by atoms with E-state index in [1.54, 1.807) is 0 Å². The molecule has 0 atom stereocenters. The lowest BCUT2D eigenvalue weighted by Gasteiger charge is -2.25. The lowest BCUT2D eigenvalue weighted by atomic mass is 10.0. The fraction of sp³-hybridized carbons (Fsp3) is 0.458. The normalized spacial score (nSPS) is 12.4. The molecule has 4 aromatic rings. The topological polar surface area (TPSA) is 80.8 Å². The number of aromatic nitrogens is 7. The van der Waals surface area contributed by atoms with E-state index in [1.807, 2.05) is 43.4 Å². The SMILES string of the molecule is CCN(C)c1nc2c(cc1CN(Cc1cc(C(F)(F)F)cc(C(F)(F)F)c1)c1nnn(C)n1)nc(C)n2CC. The third kappa shape index (κ3) is 5.91. The van der Waals surface area contributed by atoms with Crippen LogP contribution in [0.15, 0.2) is 24.3 Å². The molecule has 0 aliphatic carbocycles. The highest BCUT2D eigenvalue weighted by Crippen LogP contribution is 2.37. The van der Waals surface area contributed by atoms with Gasteiger partial charge in [-0.15, -0.1) is 5.10 Å². The van der Waals surface area contributed by atoms with E-state index in [-0.39, 0.29) is 30.7 Å². The zero-order chi connectivity index (χ0) is 28.7. The van der Waals surface area contributed by atoms with Gasteiger partial charge in [-0.25, -0.2) is 9.97 Å². The Balaban J connectivity index is 1.83. The molecule has 0 amide bonds. The Morgan fingerprint density at radius 2 is 1.54 bits per heavy atom. The van der Waals surface area contributed by atoms with Crippen LogP contribution in [0.2, 0.25) is 0 Å². The van der Waals surface area contributed by atoms with Crippen LogP contribution in [-0.4, -0.2) is 48.3 Å². The zero-order valence-corrected chi connectivity index (χ0v) is 21.9. The van der Waals surface area contributed by atoms with Gasteiger partial charge in [0.15, 0.2) is 5.65 Å². The Morgan fingerprint density at radius 1 is 0.897 bits per heavy atom. The van der Waals surface area contributed by atoms with E-state index in [1.165, 1.54) is 11.9 Å². The first-order valence-electron chi connectivity index (χ1n) is 12.1. The van der Waals surface area contributed by atoms with Gasteiger partial charge in [0.1, 0.15) is 17.2 Å². The standard InChI is InChI=1S/C24H27F6N9/c1-6-36(4)20-16(10-19-21(32-20)39(7-2)14(3)31-19)13-38(22-33-35-37(5)34-22)12-15-8-17(23(25,26)27)11-18(9-15)24(28,29)30/h8-11H,6-7,12-13H2,1-5H3. The lowest BCUT2D eigenvalue weighted by Crippen LogP contribution is -2.27. The van der Waals surface area contributed by atoms with Crippen LogP contribution in [0.25, 0.3) is 11.2 Å². The van der Waals surface area contributed by atoms with Crippen LogP contribution >= 0.6 is 0 Å². The highest BCUT2D eigenvalue weighted by molar-refractivity contribution is 5.76. The molecule has 9 nitrogen and oxygen atoms in total. The summed E-state index contributed by atoms with van der Waals surface area (Å²) in [6.45, 7) is 6.67. The second kappa shape index (κ2) is 10.3. The molecule has 0 radical (unpaired) electrons. The fourth-order valence-corrected chi connectivity index (χ4v) is 4.30. The molecule has 0 aliphatic rings. The Bertz CT molecular complexity index is 1440. The van der Waals surface area contributed by atoms with Gasteiger partial charge in [0.2, 0.25) is 0 Å². The van der Waals surface area contributed by atoms with E-state index in [2.05, 4.69) is 20.4 Å². The number of hydrogen-bond acceptors (Lipinski definition) is 7. The smallest absolute Gasteiger partial charge is 0.360 e. The number of pyridine rings is 1. The predicted octanol–water partition coefficient (Wildman–Crippen LogP) is 4.98. The molecule has 3 aromatic heterocycles. The van der Waals surface area contributed by atoms with Crippen molar-refractivity contribution < 1.29 is 26.3 Å². The van der Waals surface area contributed by atoms with E-state index in [0.717, 1.165) is 10.6 Å². The summed E-state index contributed by atoms with van der Waals surface area (Å²) in [5, 5.41) is 11.9. The summed E-state index contributed by atoms with van der Waals surface area (Å²) in [5.41, 5.74) is -1.07. The van der Waals surface area contributed by atoms with Crippen LogP contribution in [0.4, 0.5) is 38.1 Å². The summed E-state index contributed by atoms with van der Waals surface area (Å²) in [4.78, 5) is 13.9. The van der Waals surface area contributed by atoms with E-state index in [9.17, 15) is 26.3 Å². The molecule has 0 saturated heterocycles. The summed E-state index contributed by atoms with van der Waals surface area (Å²) in [6.07, 6.45) is -9.93. The van der Waals surface area contributed by atoms with Gasteiger partial charge < -0.3 is 14.4 Å². The maximum absolute atomic E-state index is 13.5. The molecule has 15 heteroatoms. The Kier molecular flexibility index (Phi) is 7.45. The van der Waals surface area contributed by atoms with E-state index in [4.69, 9.17) is 4.98 Å². The fourth-order valence-electron chi connectivity index (χ4n) is 4.30.